The van der Waals surface area contributed by atoms with E-state index >= 15 is 0 Å². The maximum Gasteiger partial charge on any atom is 0.00471 e. The third-order valence-electron chi connectivity index (χ3n) is 4.16. The highest BCUT2D eigenvalue weighted by molar-refractivity contribution is 4.87. The number of rotatable bonds is 7. The number of nitrogens with one attached hydrogen (secondary N) is 1. The van der Waals surface area contributed by atoms with Crippen LogP contribution in [-0.2, 0) is 0 Å². The van der Waals surface area contributed by atoms with Crippen molar-refractivity contribution < 1.29 is 0 Å². The van der Waals surface area contributed by atoms with Gasteiger partial charge in [-0.25, -0.2) is 0 Å². The lowest BCUT2D eigenvalue weighted by molar-refractivity contribution is 0.117. The van der Waals surface area contributed by atoms with Crippen molar-refractivity contribution in [2.45, 2.75) is 52.4 Å². The van der Waals surface area contributed by atoms with Gasteiger partial charge >= 0.3 is 0 Å². The predicted octanol–water partition coefficient (Wildman–Crippen LogP) is 3.13. The molecule has 0 amide bonds. The van der Waals surface area contributed by atoms with Gasteiger partial charge in [0.1, 0.15) is 0 Å². The van der Waals surface area contributed by atoms with Crippen molar-refractivity contribution in [1.29, 1.82) is 0 Å². The molecule has 0 spiro atoms. The molecule has 0 bridgehead atoms. The van der Waals surface area contributed by atoms with E-state index in [2.05, 4.69) is 38.2 Å². The van der Waals surface area contributed by atoms with E-state index in [0.29, 0.717) is 5.41 Å². The Hall–Kier alpha value is -0.0800. The van der Waals surface area contributed by atoms with E-state index in [4.69, 9.17) is 0 Å². The Kier molecular flexibility index (Phi) is 6.50. The summed E-state index contributed by atoms with van der Waals surface area (Å²) < 4.78 is 0. The highest BCUT2D eigenvalue weighted by Crippen LogP contribution is 2.36. The lowest BCUT2D eigenvalue weighted by Crippen LogP contribution is -2.43. The van der Waals surface area contributed by atoms with Crippen molar-refractivity contribution in [2.24, 2.45) is 11.3 Å². The summed E-state index contributed by atoms with van der Waals surface area (Å²) in [5, 5.41) is 3.42. The molecular weight excluding hydrogens is 208 g/mol. The highest BCUT2D eigenvalue weighted by atomic mass is 15.1. The second-order valence-electron chi connectivity index (χ2n) is 6.51. The first-order valence-corrected chi connectivity index (χ1v) is 7.41. The van der Waals surface area contributed by atoms with Gasteiger partial charge < -0.3 is 10.2 Å². The third-order valence-corrected chi connectivity index (χ3v) is 4.16. The van der Waals surface area contributed by atoms with Crippen LogP contribution in [-0.4, -0.2) is 38.6 Å². The fourth-order valence-electron chi connectivity index (χ4n) is 3.20. The first-order valence-electron chi connectivity index (χ1n) is 7.41. The van der Waals surface area contributed by atoms with Crippen molar-refractivity contribution in [3.05, 3.63) is 0 Å². The Balaban J connectivity index is 2.42. The molecule has 2 heteroatoms. The summed E-state index contributed by atoms with van der Waals surface area (Å²) in [6.45, 7) is 8.36. The minimum atomic E-state index is 0.554. The molecule has 1 rings (SSSR count). The lowest BCUT2D eigenvalue weighted by atomic mass is 9.73. The molecule has 1 saturated carbocycles. The lowest BCUT2D eigenvalue weighted by Gasteiger charge is -2.40. The largest absolute Gasteiger partial charge is 0.319 e. The number of hydrogen-bond donors (Lipinski definition) is 1. The quantitative estimate of drug-likeness (QED) is 0.735. The van der Waals surface area contributed by atoms with E-state index in [1.54, 1.807) is 0 Å². The zero-order valence-corrected chi connectivity index (χ0v) is 12.4. The van der Waals surface area contributed by atoms with Crippen molar-refractivity contribution in [3.8, 4) is 0 Å². The Morgan fingerprint density at radius 2 is 1.82 bits per heavy atom. The molecule has 0 saturated heterocycles. The standard InChI is InChI=1S/C15H32N2/c1-14(2)8-11-17(4)13-15(12-16-3)9-6-5-7-10-15/h14,16H,5-13H2,1-4H3. The molecule has 0 radical (unpaired) electrons. The zero-order chi connectivity index (χ0) is 12.7. The molecule has 2 nitrogen and oxygen atoms in total. The summed E-state index contributed by atoms with van der Waals surface area (Å²) in [5.74, 6) is 0.823. The Bertz CT molecular complexity index is 190. The van der Waals surface area contributed by atoms with Gasteiger partial charge in [-0.2, -0.15) is 0 Å². The first kappa shape index (κ1) is 15.0. The SMILES string of the molecule is CNCC1(CN(C)CCC(C)C)CCCCC1. The summed E-state index contributed by atoms with van der Waals surface area (Å²) in [6, 6.07) is 0. The average molecular weight is 240 g/mol. The van der Waals surface area contributed by atoms with Gasteiger partial charge in [0.25, 0.3) is 0 Å². The van der Waals surface area contributed by atoms with Gasteiger partial charge in [0.2, 0.25) is 0 Å². The molecular formula is C15H32N2. The second kappa shape index (κ2) is 7.38. The van der Waals surface area contributed by atoms with Crippen LogP contribution in [0.3, 0.4) is 0 Å². The van der Waals surface area contributed by atoms with Crippen LogP contribution in [0.15, 0.2) is 0 Å². The maximum absolute atomic E-state index is 3.42. The van der Waals surface area contributed by atoms with Gasteiger partial charge in [-0.1, -0.05) is 33.1 Å². The number of nitrogens with zero attached hydrogens (tertiary/aromatic N) is 1. The molecule has 0 aliphatic heterocycles. The Morgan fingerprint density at radius 1 is 1.18 bits per heavy atom. The molecule has 0 unspecified atom stereocenters. The fourth-order valence-corrected chi connectivity index (χ4v) is 3.20. The third kappa shape index (κ3) is 5.39. The van der Waals surface area contributed by atoms with E-state index in [1.165, 1.54) is 58.2 Å². The first-order chi connectivity index (χ1) is 8.08. The van der Waals surface area contributed by atoms with E-state index in [1.807, 2.05) is 0 Å². The van der Waals surface area contributed by atoms with Gasteiger partial charge in [0.15, 0.2) is 0 Å². The molecule has 102 valence electrons. The van der Waals surface area contributed by atoms with Gasteiger partial charge in [0.05, 0.1) is 0 Å². The summed E-state index contributed by atoms with van der Waals surface area (Å²) in [7, 11) is 4.40. The van der Waals surface area contributed by atoms with E-state index in [9.17, 15) is 0 Å². The summed E-state index contributed by atoms with van der Waals surface area (Å²) in [5.41, 5.74) is 0.554. The van der Waals surface area contributed by atoms with Crippen molar-refractivity contribution in [3.63, 3.8) is 0 Å². The molecule has 0 heterocycles. The molecule has 0 aromatic rings. The molecule has 1 N–H and O–H groups in total. The minimum Gasteiger partial charge on any atom is -0.319 e. The van der Waals surface area contributed by atoms with Gasteiger partial charge in [-0.05, 0) is 51.2 Å². The summed E-state index contributed by atoms with van der Waals surface area (Å²) in [4.78, 5) is 2.56. The maximum atomic E-state index is 3.42. The van der Waals surface area contributed by atoms with Crippen LogP contribution in [0.4, 0.5) is 0 Å². The van der Waals surface area contributed by atoms with Crippen molar-refractivity contribution in [2.75, 3.05) is 33.7 Å². The smallest absolute Gasteiger partial charge is 0.00471 e. The minimum absolute atomic E-state index is 0.554. The van der Waals surface area contributed by atoms with E-state index in [0.717, 1.165) is 5.92 Å². The molecule has 0 aromatic carbocycles. The topological polar surface area (TPSA) is 15.3 Å². The van der Waals surface area contributed by atoms with Crippen LogP contribution in [0.25, 0.3) is 0 Å². The molecule has 0 aromatic heterocycles. The molecule has 1 fully saturated rings. The Labute approximate surface area is 108 Å². The van der Waals surface area contributed by atoms with Crippen molar-refractivity contribution >= 4 is 0 Å². The molecule has 1 aliphatic rings. The fraction of sp³-hybridized carbons (Fsp3) is 1.00. The zero-order valence-electron chi connectivity index (χ0n) is 12.4. The monoisotopic (exact) mass is 240 g/mol. The van der Waals surface area contributed by atoms with Crippen molar-refractivity contribution in [1.82, 2.24) is 10.2 Å². The predicted molar refractivity (Wildman–Crippen MR) is 76.4 cm³/mol. The van der Waals surface area contributed by atoms with Crippen LogP contribution < -0.4 is 5.32 Å². The van der Waals surface area contributed by atoms with Gasteiger partial charge in [-0.15, -0.1) is 0 Å². The van der Waals surface area contributed by atoms with E-state index in [-0.39, 0.29) is 0 Å². The molecule has 0 atom stereocenters. The van der Waals surface area contributed by atoms with Gasteiger partial charge in [0, 0.05) is 13.1 Å². The second-order valence-corrected chi connectivity index (χ2v) is 6.51. The van der Waals surface area contributed by atoms with Gasteiger partial charge in [-0.3, -0.25) is 0 Å². The van der Waals surface area contributed by atoms with Crippen LogP contribution in [0.2, 0.25) is 0 Å². The summed E-state index contributed by atoms with van der Waals surface area (Å²) >= 11 is 0. The van der Waals surface area contributed by atoms with Crippen LogP contribution >= 0.6 is 0 Å². The average Bonchev–Trinajstić information content (AvgIpc) is 2.28. The normalized spacial score (nSPS) is 20.1. The molecule has 17 heavy (non-hydrogen) atoms. The van der Waals surface area contributed by atoms with Crippen LogP contribution in [0, 0.1) is 11.3 Å². The van der Waals surface area contributed by atoms with E-state index < -0.39 is 0 Å². The van der Waals surface area contributed by atoms with Crippen LogP contribution in [0.1, 0.15) is 52.4 Å². The number of hydrogen-bond acceptors (Lipinski definition) is 2. The Morgan fingerprint density at radius 3 is 2.35 bits per heavy atom. The summed E-state index contributed by atoms with van der Waals surface area (Å²) in [6.07, 6.45) is 8.46. The highest BCUT2D eigenvalue weighted by Gasteiger charge is 2.32. The molecule has 1 aliphatic carbocycles. The van der Waals surface area contributed by atoms with Crippen LogP contribution in [0.5, 0.6) is 0 Å².